The number of oxime groups is 1. The smallest absolute Gasteiger partial charge is 0.238 e. The first-order chi connectivity index (χ1) is 6.46. The van der Waals surface area contributed by atoms with Crippen LogP contribution in [0.25, 0.3) is 0 Å². The Kier molecular flexibility index (Phi) is 3.00. The third-order valence-corrected chi connectivity index (χ3v) is 2.74. The van der Waals surface area contributed by atoms with E-state index in [2.05, 4.69) is 5.16 Å². The van der Waals surface area contributed by atoms with Crippen LogP contribution in [0.5, 0.6) is 0 Å². The normalized spacial score (nSPS) is 12.2. The number of benzene rings is 1. The van der Waals surface area contributed by atoms with E-state index < -0.39 is 13.3 Å². The number of hydrogen-bond acceptors (Lipinski definition) is 3. The lowest BCUT2D eigenvalue weighted by atomic mass is 10.2. The molecule has 0 heterocycles. The van der Waals surface area contributed by atoms with Crippen LogP contribution in [0.15, 0.2) is 23.4 Å². The van der Waals surface area contributed by atoms with Gasteiger partial charge in [0.25, 0.3) is 0 Å². The highest BCUT2D eigenvalue weighted by atomic mass is 31.2. The SMILES string of the molecule is NP(N)(=O)c1c(F)cccc1/C=N/O. The van der Waals surface area contributed by atoms with Crippen LogP contribution in [0.2, 0.25) is 0 Å². The number of halogens is 1. The van der Waals surface area contributed by atoms with Gasteiger partial charge in [0.1, 0.15) is 5.82 Å². The van der Waals surface area contributed by atoms with Crippen molar-refractivity contribution in [3.05, 3.63) is 29.6 Å². The minimum Gasteiger partial charge on any atom is -0.411 e. The summed E-state index contributed by atoms with van der Waals surface area (Å²) in [6.07, 6.45) is 0.921. The molecule has 0 saturated heterocycles. The summed E-state index contributed by atoms with van der Waals surface area (Å²) in [6.45, 7) is 0. The summed E-state index contributed by atoms with van der Waals surface area (Å²) in [5.41, 5.74) is 10.4. The van der Waals surface area contributed by atoms with Crippen LogP contribution in [0.3, 0.4) is 0 Å². The van der Waals surface area contributed by atoms with Crippen molar-refractivity contribution < 1.29 is 14.2 Å². The average molecular weight is 217 g/mol. The molecule has 0 aliphatic heterocycles. The minimum atomic E-state index is -3.70. The molecule has 0 bridgehead atoms. The average Bonchev–Trinajstić information content (AvgIpc) is 2.02. The molecule has 0 fully saturated rings. The van der Waals surface area contributed by atoms with E-state index in [9.17, 15) is 8.96 Å². The van der Waals surface area contributed by atoms with Gasteiger partial charge in [-0.05, 0) is 6.07 Å². The van der Waals surface area contributed by atoms with Crippen molar-refractivity contribution in [3.8, 4) is 0 Å². The summed E-state index contributed by atoms with van der Waals surface area (Å²) in [5, 5.41) is 10.7. The lowest BCUT2D eigenvalue weighted by molar-refractivity contribution is 0.322. The first kappa shape index (κ1) is 10.8. The highest BCUT2D eigenvalue weighted by Crippen LogP contribution is 2.27. The Morgan fingerprint density at radius 1 is 1.50 bits per heavy atom. The predicted molar refractivity (Wildman–Crippen MR) is 51.4 cm³/mol. The Morgan fingerprint density at radius 2 is 2.14 bits per heavy atom. The van der Waals surface area contributed by atoms with Crippen molar-refractivity contribution in [1.29, 1.82) is 0 Å². The first-order valence-corrected chi connectivity index (χ1v) is 5.45. The van der Waals surface area contributed by atoms with Gasteiger partial charge in [-0.25, -0.2) is 4.39 Å². The molecule has 76 valence electrons. The third-order valence-electron chi connectivity index (χ3n) is 1.56. The lowest BCUT2D eigenvalue weighted by Gasteiger charge is -2.10. The molecular weight excluding hydrogens is 208 g/mol. The van der Waals surface area contributed by atoms with Gasteiger partial charge in [-0.15, -0.1) is 0 Å². The summed E-state index contributed by atoms with van der Waals surface area (Å²) >= 11 is 0. The second-order valence-corrected chi connectivity index (χ2v) is 4.50. The fraction of sp³-hybridized carbons (Fsp3) is 0. The van der Waals surface area contributed by atoms with E-state index in [1.165, 1.54) is 12.1 Å². The van der Waals surface area contributed by atoms with Crippen LogP contribution in [0, 0.1) is 5.82 Å². The molecular formula is C7H9FN3O2P. The zero-order chi connectivity index (χ0) is 10.8. The number of rotatable bonds is 2. The van der Waals surface area contributed by atoms with Crippen LogP contribution in [-0.4, -0.2) is 11.4 Å². The Balaban J connectivity index is 3.45. The van der Waals surface area contributed by atoms with E-state index in [4.69, 9.17) is 16.2 Å². The highest BCUT2D eigenvalue weighted by molar-refractivity contribution is 7.67. The van der Waals surface area contributed by atoms with Crippen molar-refractivity contribution in [2.75, 3.05) is 0 Å². The monoisotopic (exact) mass is 217 g/mol. The van der Waals surface area contributed by atoms with E-state index in [1.54, 1.807) is 0 Å². The summed E-state index contributed by atoms with van der Waals surface area (Å²) in [5.74, 6) is -0.782. The van der Waals surface area contributed by atoms with Crippen molar-refractivity contribution in [2.45, 2.75) is 0 Å². The molecule has 0 radical (unpaired) electrons. The van der Waals surface area contributed by atoms with E-state index in [0.29, 0.717) is 0 Å². The van der Waals surface area contributed by atoms with Gasteiger partial charge >= 0.3 is 0 Å². The van der Waals surface area contributed by atoms with Crippen LogP contribution in [0.4, 0.5) is 4.39 Å². The molecule has 0 aliphatic carbocycles. The van der Waals surface area contributed by atoms with Gasteiger partial charge in [0.15, 0.2) is 0 Å². The van der Waals surface area contributed by atoms with Crippen LogP contribution in [-0.2, 0) is 4.57 Å². The van der Waals surface area contributed by atoms with E-state index in [0.717, 1.165) is 12.3 Å². The zero-order valence-corrected chi connectivity index (χ0v) is 7.99. The van der Waals surface area contributed by atoms with Gasteiger partial charge in [-0.2, -0.15) is 0 Å². The largest absolute Gasteiger partial charge is 0.411 e. The lowest BCUT2D eigenvalue weighted by Crippen LogP contribution is -2.25. The number of nitrogens with zero attached hydrogens (tertiary/aromatic N) is 1. The van der Waals surface area contributed by atoms with Gasteiger partial charge in [0, 0.05) is 5.56 Å². The molecule has 5 nitrogen and oxygen atoms in total. The fourth-order valence-electron chi connectivity index (χ4n) is 1.07. The van der Waals surface area contributed by atoms with Crippen LogP contribution in [0.1, 0.15) is 5.56 Å². The molecule has 0 spiro atoms. The van der Waals surface area contributed by atoms with Crippen LogP contribution >= 0.6 is 7.44 Å². The first-order valence-electron chi connectivity index (χ1n) is 3.60. The standard InChI is InChI=1S/C7H9FN3O2P/c8-6-3-1-2-5(4-11-12)7(6)14(9,10)13/h1-4,12H,(H4,9,10,13)/b11-4+. The molecule has 14 heavy (non-hydrogen) atoms. The molecule has 0 amide bonds. The van der Waals surface area contributed by atoms with Gasteiger partial charge in [0.05, 0.1) is 11.5 Å². The second kappa shape index (κ2) is 3.88. The minimum absolute atomic E-state index is 0.0980. The topological polar surface area (TPSA) is 102 Å². The van der Waals surface area contributed by atoms with Crippen molar-refractivity contribution in [2.24, 2.45) is 16.2 Å². The van der Waals surface area contributed by atoms with Gasteiger partial charge in [-0.1, -0.05) is 17.3 Å². The molecule has 0 saturated carbocycles. The number of nitrogens with two attached hydrogens (primary N) is 2. The van der Waals surface area contributed by atoms with Gasteiger partial charge < -0.3 is 5.21 Å². The van der Waals surface area contributed by atoms with Crippen LogP contribution < -0.4 is 16.3 Å². The fourth-order valence-corrected chi connectivity index (χ4v) is 2.01. The van der Waals surface area contributed by atoms with E-state index in [1.807, 2.05) is 0 Å². The molecule has 1 aromatic rings. The molecule has 1 aromatic carbocycles. The zero-order valence-electron chi connectivity index (χ0n) is 7.09. The Bertz CT molecular complexity index is 415. The maximum absolute atomic E-state index is 13.2. The molecule has 5 N–H and O–H groups in total. The van der Waals surface area contributed by atoms with Crippen molar-refractivity contribution >= 4 is 19.0 Å². The predicted octanol–water partition coefficient (Wildman–Crippen LogP) is 0.370. The van der Waals surface area contributed by atoms with Crippen molar-refractivity contribution in [1.82, 2.24) is 0 Å². The molecule has 1 rings (SSSR count). The van der Waals surface area contributed by atoms with Gasteiger partial charge in [0.2, 0.25) is 7.44 Å². The second-order valence-electron chi connectivity index (χ2n) is 2.63. The van der Waals surface area contributed by atoms with E-state index in [-0.39, 0.29) is 10.9 Å². The maximum atomic E-state index is 13.2. The summed E-state index contributed by atoms with van der Waals surface area (Å²) < 4.78 is 24.5. The molecule has 7 heteroatoms. The highest BCUT2D eigenvalue weighted by Gasteiger charge is 2.21. The van der Waals surface area contributed by atoms with E-state index >= 15 is 0 Å². The summed E-state index contributed by atoms with van der Waals surface area (Å²) in [7, 11) is -3.70. The molecule has 0 aliphatic rings. The number of hydrogen-bond donors (Lipinski definition) is 3. The summed E-state index contributed by atoms with van der Waals surface area (Å²) in [6, 6.07) is 3.84. The molecule has 0 aromatic heterocycles. The quantitative estimate of drug-likeness (QED) is 0.288. The molecule has 0 atom stereocenters. The Morgan fingerprint density at radius 3 is 2.64 bits per heavy atom. The molecule has 0 unspecified atom stereocenters. The third kappa shape index (κ3) is 2.17. The van der Waals surface area contributed by atoms with Gasteiger partial charge in [-0.3, -0.25) is 15.6 Å². The maximum Gasteiger partial charge on any atom is 0.238 e. The summed E-state index contributed by atoms with van der Waals surface area (Å²) in [4.78, 5) is 0. The van der Waals surface area contributed by atoms with Crippen molar-refractivity contribution in [3.63, 3.8) is 0 Å². The Hall–Kier alpha value is -1.23. The Labute approximate surface area is 79.7 Å².